The van der Waals surface area contributed by atoms with Gasteiger partial charge in [0.25, 0.3) is 5.91 Å². The number of carbonyl (C=O) groups is 1. The van der Waals surface area contributed by atoms with Crippen LogP contribution in [0.1, 0.15) is 36.0 Å². The molecule has 1 heterocycles. The van der Waals surface area contributed by atoms with Gasteiger partial charge in [-0.1, -0.05) is 24.3 Å². The number of quaternary nitrogens is 1. The van der Waals surface area contributed by atoms with E-state index < -0.39 is 0 Å². The van der Waals surface area contributed by atoms with Crippen molar-refractivity contribution in [3.05, 3.63) is 42.0 Å². The van der Waals surface area contributed by atoms with Crippen LogP contribution in [0.15, 0.2) is 36.4 Å². The predicted molar refractivity (Wildman–Crippen MR) is 97.2 cm³/mol. The van der Waals surface area contributed by atoms with Crippen LogP contribution in [0.25, 0.3) is 10.8 Å². The summed E-state index contributed by atoms with van der Waals surface area (Å²) < 4.78 is 1.12. The first kappa shape index (κ1) is 19.7. The fraction of sp³-hybridized carbons (Fsp3) is 0.450. The van der Waals surface area contributed by atoms with Crippen molar-refractivity contribution in [1.82, 2.24) is 5.32 Å². The van der Waals surface area contributed by atoms with Gasteiger partial charge in [-0.25, -0.2) is 0 Å². The predicted octanol–water partition coefficient (Wildman–Crippen LogP) is 0.300. The summed E-state index contributed by atoms with van der Waals surface area (Å²) in [6, 6.07) is 11.2. The number of phenolic OH excluding ortho intramolecular Hbond substituents is 1. The van der Waals surface area contributed by atoms with Gasteiger partial charge in [0.1, 0.15) is 5.75 Å². The molecule has 1 fully saturated rings. The first-order valence-electron chi connectivity index (χ1n) is 8.91. The number of hydrogen-bond donors (Lipinski definition) is 2. The van der Waals surface area contributed by atoms with E-state index >= 15 is 0 Å². The van der Waals surface area contributed by atoms with E-state index in [0.29, 0.717) is 12.1 Å². The molecule has 2 aromatic rings. The third-order valence-electron chi connectivity index (χ3n) is 5.16. The van der Waals surface area contributed by atoms with Gasteiger partial charge in [-0.2, -0.15) is 0 Å². The van der Waals surface area contributed by atoms with Crippen LogP contribution in [-0.2, 0) is 0 Å². The number of nitrogens with one attached hydrogen (secondary N) is 1. The molecule has 1 saturated heterocycles. The van der Waals surface area contributed by atoms with E-state index in [1.165, 1.54) is 32.4 Å². The van der Waals surface area contributed by atoms with Crippen molar-refractivity contribution in [3.8, 4) is 5.75 Å². The fourth-order valence-electron chi connectivity index (χ4n) is 3.67. The first-order valence-corrected chi connectivity index (χ1v) is 8.91. The summed E-state index contributed by atoms with van der Waals surface area (Å²) in [7, 11) is 2.32. The molecule has 1 aliphatic heterocycles. The Morgan fingerprint density at radius 1 is 1.12 bits per heavy atom. The number of amides is 1. The molecular formula is C20H27BrN2O2. The van der Waals surface area contributed by atoms with E-state index in [4.69, 9.17) is 0 Å². The van der Waals surface area contributed by atoms with Crippen LogP contribution in [0.3, 0.4) is 0 Å². The second-order valence-corrected chi connectivity index (χ2v) is 7.18. The average Bonchev–Trinajstić information content (AvgIpc) is 2.58. The lowest BCUT2D eigenvalue weighted by Gasteiger charge is -2.37. The normalized spacial score (nSPS) is 16.2. The number of piperidine rings is 1. The molecule has 136 valence electrons. The quantitative estimate of drug-likeness (QED) is 0.554. The second-order valence-electron chi connectivity index (χ2n) is 7.18. The van der Waals surface area contributed by atoms with Crippen LogP contribution in [0, 0.1) is 0 Å². The number of aromatic hydroxyl groups is 1. The summed E-state index contributed by atoms with van der Waals surface area (Å²) in [6.07, 6.45) is 4.95. The summed E-state index contributed by atoms with van der Waals surface area (Å²) in [6.45, 7) is 4.25. The number of hydrogen-bond acceptors (Lipinski definition) is 2. The van der Waals surface area contributed by atoms with E-state index in [-0.39, 0.29) is 28.6 Å². The maximum atomic E-state index is 12.4. The van der Waals surface area contributed by atoms with Crippen molar-refractivity contribution in [2.45, 2.75) is 25.7 Å². The van der Waals surface area contributed by atoms with Gasteiger partial charge >= 0.3 is 0 Å². The number of carbonyl (C=O) groups excluding carboxylic acids is 1. The summed E-state index contributed by atoms with van der Waals surface area (Å²) >= 11 is 0. The topological polar surface area (TPSA) is 49.3 Å². The van der Waals surface area contributed by atoms with Crippen LogP contribution in [0.5, 0.6) is 5.75 Å². The minimum Gasteiger partial charge on any atom is -1.00 e. The van der Waals surface area contributed by atoms with Gasteiger partial charge in [0, 0.05) is 13.0 Å². The highest BCUT2D eigenvalue weighted by Crippen LogP contribution is 2.24. The van der Waals surface area contributed by atoms with Gasteiger partial charge in [-0.05, 0) is 42.2 Å². The molecule has 2 N–H and O–H groups in total. The second kappa shape index (κ2) is 8.68. The Hall–Kier alpha value is -1.59. The fourth-order valence-corrected chi connectivity index (χ4v) is 3.67. The summed E-state index contributed by atoms with van der Waals surface area (Å²) in [4.78, 5) is 12.4. The van der Waals surface area contributed by atoms with E-state index in [1.807, 2.05) is 24.3 Å². The molecule has 0 aliphatic carbocycles. The highest BCUT2D eigenvalue weighted by molar-refractivity contribution is 6.01. The molecule has 0 spiro atoms. The van der Waals surface area contributed by atoms with Crippen LogP contribution in [0.2, 0.25) is 0 Å². The number of rotatable bonds is 5. The van der Waals surface area contributed by atoms with Crippen LogP contribution >= 0.6 is 0 Å². The average molecular weight is 407 g/mol. The van der Waals surface area contributed by atoms with Crippen LogP contribution < -0.4 is 22.3 Å². The Kier molecular flexibility index (Phi) is 6.85. The van der Waals surface area contributed by atoms with Gasteiger partial charge in [0.2, 0.25) is 0 Å². The molecule has 0 atom stereocenters. The largest absolute Gasteiger partial charge is 1.00 e. The van der Waals surface area contributed by atoms with Gasteiger partial charge in [-0.3, -0.25) is 4.79 Å². The third-order valence-corrected chi connectivity index (χ3v) is 5.16. The van der Waals surface area contributed by atoms with Crippen molar-refractivity contribution in [2.75, 3.05) is 33.2 Å². The zero-order valence-corrected chi connectivity index (χ0v) is 16.4. The Balaban J connectivity index is 0.00000225. The number of fused-ring (bicyclic) bond motifs is 1. The molecule has 0 saturated carbocycles. The standard InChI is InChI=1S/C20H26N2O2.BrH/c1-22(11-5-2-6-12-22)13-7-10-21-20(24)18-14-16-8-3-4-9-17(16)15-19(18)23;/h3-4,8-9,14-15H,2,5-7,10-13H2,1H3,(H-,21,23,24);1H. The molecule has 5 heteroatoms. The number of nitrogens with zero attached hydrogens (tertiary/aromatic N) is 1. The SMILES string of the molecule is C[N+]1(CCCNC(=O)c2cc3ccccc3cc2O)CCCCC1.[Br-]. The number of likely N-dealkylation sites (tertiary alicyclic amines) is 1. The molecular weight excluding hydrogens is 380 g/mol. The molecule has 0 unspecified atom stereocenters. The highest BCUT2D eigenvalue weighted by atomic mass is 79.9. The lowest BCUT2D eigenvalue weighted by Crippen LogP contribution is -3.00. The van der Waals surface area contributed by atoms with E-state index in [0.717, 1.165) is 28.2 Å². The Bertz CT molecular complexity index is 727. The summed E-state index contributed by atoms with van der Waals surface area (Å²) in [5, 5.41) is 15.0. The zero-order chi connectivity index (χ0) is 17.0. The monoisotopic (exact) mass is 406 g/mol. The van der Waals surface area contributed by atoms with Crippen LogP contribution in [0.4, 0.5) is 0 Å². The lowest BCUT2D eigenvalue weighted by molar-refractivity contribution is -0.914. The molecule has 2 aromatic carbocycles. The maximum Gasteiger partial charge on any atom is 0.255 e. The molecule has 0 radical (unpaired) electrons. The lowest BCUT2D eigenvalue weighted by atomic mass is 10.1. The number of halogens is 1. The number of benzene rings is 2. The molecule has 4 nitrogen and oxygen atoms in total. The van der Waals surface area contributed by atoms with Crippen molar-refractivity contribution in [2.24, 2.45) is 0 Å². The molecule has 25 heavy (non-hydrogen) atoms. The molecule has 1 aliphatic rings. The molecule has 0 aromatic heterocycles. The van der Waals surface area contributed by atoms with Gasteiger partial charge in [-0.15, -0.1) is 0 Å². The Morgan fingerprint density at radius 2 is 1.76 bits per heavy atom. The maximum absolute atomic E-state index is 12.4. The van der Waals surface area contributed by atoms with Crippen molar-refractivity contribution >= 4 is 16.7 Å². The first-order chi connectivity index (χ1) is 11.6. The zero-order valence-electron chi connectivity index (χ0n) is 14.8. The number of phenols is 1. The van der Waals surface area contributed by atoms with Gasteiger partial charge in [0.15, 0.2) is 0 Å². The van der Waals surface area contributed by atoms with Gasteiger partial charge < -0.3 is 31.9 Å². The van der Waals surface area contributed by atoms with E-state index in [2.05, 4.69) is 12.4 Å². The Morgan fingerprint density at radius 3 is 2.44 bits per heavy atom. The molecule has 0 bridgehead atoms. The third kappa shape index (κ3) is 4.95. The van der Waals surface area contributed by atoms with Crippen molar-refractivity contribution < 1.29 is 31.4 Å². The summed E-state index contributed by atoms with van der Waals surface area (Å²) in [5.74, 6) is -0.152. The van der Waals surface area contributed by atoms with Crippen molar-refractivity contribution in [3.63, 3.8) is 0 Å². The molecule has 3 rings (SSSR count). The van der Waals surface area contributed by atoms with Crippen molar-refractivity contribution in [1.29, 1.82) is 0 Å². The Labute approximate surface area is 160 Å². The molecule has 1 amide bonds. The summed E-state index contributed by atoms with van der Waals surface area (Å²) in [5.41, 5.74) is 0.354. The minimum atomic E-state index is -0.195. The van der Waals surface area contributed by atoms with E-state index in [9.17, 15) is 9.90 Å². The smallest absolute Gasteiger partial charge is 0.255 e. The van der Waals surface area contributed by atoms with Gasteiger partial charge in [0.05, 0.1) is 32.2 Å². The minimum absolute atomic E-state index is 0. The van der Waals surface area contributed by atoms with E-state index in [1.54, 1.807) is 12.1 Å². The van der Waals surface area contributed by atoms with Crippen LogP contribution in [-0.4, -0.2) is 48.7 Å². The highest BCUT2D eigenvalue weighted by Gasteiger charge is 2.23.